The first-order valence-corrected chi connectivity index (χ1v) is 8.03. The highest BCUT2D eigenvalue weighted by atomic mass is 79.9. The Kier molecular flexibility index (Phi) is 4.35. The van der Waals surface area contributed by atoms with Gasteiger partial charge in [0.25, 0.3) is 5.91 Å². The number of nitrogens with zero attached hydrogens (tertiary/aromatic N) is 1. The van der Waals surface area contributed by atoms with Crippen LogP contribution < -0.4 is 14.8 Å². The second-order valence-electron chi connectivity index (χ2n) is 5.38. The van der Waals surface area contributed by atoms with Crippen LogP contribution >= 0.6 is 15.9 Å². The van der Waals surface area contributed by atoms with E-state index < -0.39 is 0 Å². The van der Waals surface area contributed by atoms with Crippen LogP contribution in [0.5, 0.6) is 11.5 Å². The molecular weight excluding hydrogens is 336 g/mol. The molecule has 1 N–H and O–H groups in total. The lowest BCUT2D eigenvalue weighted by Gasteiger charge is -2.32. The molecule has 1 aromatic rings. The van der Waals surface area contributed by atoms with E-state index in [-0.39, 0.29) is 5.91 Å². The van der Waals surface area contributed by atoms with E-state index in [0.717, 1.165) is 30.4 Å². The van der Waals surface area contributed by atoms with E-state index in [1.165, 1.54) is 0 Å². The number of rotatable bonds is 2. The summed E-state index contributed by atoms with van der Waals surface area (Å²) in [7, 11) is 1.88. The van der Waals surface area contributed by atoms with Crippen molar-refractivity contribution in [3.63, 3.8) is 0 Å². The summed E-state index contributed by atoms with van der Waals surface area (Å²) in [6.07, 6.45) is 1.99. The Morgan fingerprint density at radius 2 is 2.00 bits per heavy atom. The molecule has 0 bridgehead atoms. The molecule has 2 heterocycles. The predicted molar refractivity (Wildman–Crippen MR) is 83.1 cm³/mol. The predicted octanol–water partition coefficient (Wildman–Crippen LogP) is 2.04. The third kappa shape index (κ3) is 3.01. The first-order chi connectivity index (χ1) is 10.2. The summed E-state index contributed by atoms with van der Waals surface area (Å²) in [4.78, 5) is 14.5. The van der Waals surface area contributed by atoms with Gasteiger partial charge in [-0.3, -0.25) is 4.79 Å². The van der Waals surface area contributed by atoms with Crippen LogP contribution in [0.25, 0.3) is 0 Å². The van der Waals surface area contributed by atoms with E-state index in [1.807, 2.05) is 18.0 Å². The maximum absolute atomic E-state index is 12.7. The van der Waals surface area contributed by atoms with Gasteiger partial charge >= 0.3 is 0 Å². The minimum Gasteiger partial charge on any atom is -0.486 e. The Hall–Kier alpha value is -1.27. The molecule has 6 heteroatoms. The highest BCUT2D eigenvalue weighted by Crippen LogP contribution is 2.38. The van der Waals surface area contributed by atoms with Gasteiger partial charge in [0.15, 0.2) is 11.5 Å². The summed E-state index contributed by atoms with van der Waals surface area (Å²) in [6.45, 7) is 2.98. The molecule has 5 nitrogen and oxygen atoms in total. The Morgan fingerprint density at radius 1 is 1.29 bits per heavy atom. The molecular formula is C15H19BrN2O3. The number of amides is 1. The first-order valence-electron chi connectivity index (χ1n) is 7.24. The number of carbonyl (C=O) groups excluding carboxylic acids is 1. The molecule has 0 unspecified atom stereocenters. The third-order valence-electron chi connectivity index (χ3n) is 4.02. The zero-order chi connectivity index (χ0) is 14.8. The molecule has 0 atom stereocenters. The van der Waals surface area contributed by atoms with E-state index in [1.54, 1.807) is 6.07 Å². The summed E-state index contributed by atoms with van der Waals surface area (Å²) in [5, 5.41) is 3.32. The summed E-state index contributed by atoms with van der Waals surface area (Å²) in [6, 6.07) is 3.89. The van der Waals surface area contributed by atoms with Crippen LogP contribution in [0.4, 0.5) is 0 Å². The van der Waals surface area contributed by atoms with E-state index in [0.29, 0.717) is 36.3 Å². The molecule has 1 saturated heterocycles. The minimum atomic E-state index is 0.0274. The highest BCUT2D eigenvalue weighted by Gasteiger charge is 2.25. The van der Waals surface area contributed by atoms with Crippen LogP contribution in [0, 0.1) is 0 Å². The minimum absolute atomic E-state index is 0.0274. The monoisotopic (exact) mass is 354 g/mol. The van der Waals surface area contributed by atoms with Gasteiger partial charge in [0.2, 0.25) is 0 Å². The lowest BCUT2D eigenvalue weighted by Crippen LogP contribution is -2.44. The summed E-state index contributed by atoms with van der Waals surface area (Å²) >= 11 is 3.46. The zero-order valence-corrected chi connectivity index (χ0v) is 13.6. The van der Waals surface area contributed by atoms with Crippen LogP contribution in [0.3, 0.4) is 0 Å². The molecule has 21 heavy (non-hydrogen) atoms. The van der Waals surface area contributed by atoms with Crippen LogP contribution in [0.1, 0.15) is 23.2 Å². The molecule has 3 rings (SSSR count). The largest absolute Gasteiger partial charge is 0.486 e. The van der Waals surface area contributed by atoms with Gasteiger partial charge in [0, 0.05) is 18.7 Å². The summed E-state index contributed by atoms with van der Waals surface area (Å²) < 4.78 is 11.9. The van der Waals surface area contributed by atoms with Crippen LogP contribution in [-0.4, -0.2) is 50.2 Å². The lowest BCUT2D eigenvalue weighted by molar-refractivity contribution is 0.0702. The fraction of sp³-hybridized carbons (Fsp3) is 0.533. The smallest absolute Gasteiger partial charge is 0.254 e. The number of benzene rings is 1. The molecule has 0 aromatic heterocycles. The standard InChI is InChI=1S/C15H19BrN2O3/c1-18(11-2-4-17-5-3-11)15(19)10-8-12(16)14-13(9-10)20-6-7-21-14/h8-9,11,17H,2-7H2,1H3. The van der Waals surface area contributed by atoms with Crippen molar-refractivity contribution in [2.45, 2.75) is 18.9 Å². The van der Waals surface area contributed by atoms with Crippen molar-refractivity contribution in [2.75, 3.05) is 33.4 Å². The van der Waals surface area contributed by atoms with Gasteiger partial charge in [-0.1, -0.05) is 0 Å². The number of hydrogen-bond donors (Lipinski definition) is 1. The van der Waals surface area contributed by atoms with Crippen molar-refractivity contribution in [1.82, 2.24) is 10.2 Å². The number of piperidine rings is 1. The summed E-state index contributed by atoms with van der Waals surface area (Å²) in [5.41, 5.74) is 0.632. The normalized spacial score (nSPS) is 18.4. The third-order valence-corrected chi connectivity index (χ3v) is 4.61. The van der Waals surface area contributed by atoms with Gasteiger partial charge in [-0.2, -0.15) is 0 Å². The van der Waals surface area contributed by atoms with Crippen molar-refractivity contribution >= 4 is 21.8 Å². The van der Waals surface area contributed by atoms with Gasteiger partial charge in [-0.05, 0) is 54.0 Å². The van der Waals surface area contributed by atoms with Gasteiger partial charge in [-0.15, -0.1) is 0 Å². The Bertz CT molecular complexity index is 544. The van der Waals surface area contributed by atoms with Gasteiger partial charge in [0.1, 0.15) is 13.2 Å². The van der Waals surface area contributed by atoms with Crippen LogP contribution in [0.15, 0.2) is 16.6 Å². The van der Waals surface area contributed by atoms with Crippen molar-refractivity contribution in [1.29, 1.82) is 0 Å². The molecule has 1 aromatic carbocycles. The van der Waals surface area contributed by atoms with E-state index >= 15 is 0 Å². The molecule has 1 fully saturated rings. The Balaban J connectivity index is 1.82. The quantitative estimate of drug-likeness (QED) is 0.882. The van der Waals surface area contributed by atoms with E-state index in [2.05, 4.69) is 21.2 Å². The number of ether oxygens (including phenoxy) is 2. The van der Waals surface area contributed by atoms with Crippen molar-refractivity contribution in [3.8, 4) is 11.5 Å². The molecule has 0 aliphatic carbocycles. The van der Waals surface area contributed by atoms with Crippen LogP contribution in [0.2, 0.25) is 0 Å². The first kappa shape index (κ1) is 14.7. The molecule has 2 aliphatic rings. The van der Waals surface area contributed by atoms with Crippen LogP contribution in [-0.2, 0) is 0 Å². The molecule has 0 spiro atoms. The Morgan fingerprint density at radius 3 is 2.76 bits per heavy atom. The van der Waals surface area contributed by atoms with Gasteiger partial charge in [0.05, 0.1) is 4.47 Å². The Labute approximate surface area is 132 Å². The number of halogens is 1. The second kappa shape index (κ2) is 6.23. The lowest BCUT2D eigenvalue weighted by atomic mass is 10.0. The average molecular weight is 355 g/mol. The molecule has 1 amide bonds. The fourth-order valence-corrected chi connectivity index (χ4v) is 3.35. The van der Waals surface area contributed by atoms with E-state index in [4.69, 9.17) is 9.47 Å². The number of carbonyl (C=O) groups is 1. The fourth-order valence-electron chi connectivity index (χ4n) is 2.80. The van der Waals surface area contributed by atoms with Gasteiger partial charge in [-0.25, -0.2) is 0 Å². The van der Waals surface area contributed by atoms with Crippen molar-refractivity contribution in [2.24, 2.45) is 0 Å². The molecule has 0 saturated carbocycles. The maximum Gasteiger partial charge on any atom is 0.254 e. The summed E-state index contributed by atoms with van der Waals surface area (Å²) in [5.74, 6) is 1.35. The van der Waals surface area contributed by atoms with Crippen molar-refractivity contribution in [3.05, 3.63) is 22.2 Å². The number of fused-ring (bicyclic) bond motifs is 1. The SMILES string of the molecule is CN(C(=O)c1cc(Br)c2c(c1)OCCO2)C1CCNCC1. The highest BCUT2D eigenvalue weighted by molar-refractivity contribution is 9.10. The molecule has 0 radical (unpaired) electrons. The van der Waals surface area contributed by atoms with E-state index in [9.17, 15) is 4.79 Å². The number of nitrogens with one attached hydrogen (secondary N) is 1. The average Bonchev–Trinajstić information content (AvgIpc) is 2.54. The second-order valence-corrected chi connectivity index (χ2v) is 6.23. The molecule has 2 aliphatic heterocycles. The zero-order valence-electron chi connectivity index (χ0n) is 12.0. The maximum atomic E-state index is 12.7. The van der Waals surface area contributed by atoms with Crippen molar-refractivity contribution < 1.29 is 14.3 Å². The number of hydrogen-bond acceptors (Lipinski definition) is 4. The topological polar surface area (TPSA) is 50.8 Å². The molecule has 114 valence electrons. The van der Waals surface area contributed by atoms with Gasteiger partial charge < -0.3 is 19.7 Å².